The molecule has 1 heterocycles. The number of nitrogens with one attached hydrogen (secondary N) is 2. The normalized spacial score (nSPS) is 14.9. The average Bonchev–Trinajstić information content (AvgIpc) is 2.67. The van der Waals surface area contributed by atoms with Crippen molar-refractivity contribution in [2.75, 3.05) is 11.9 Å². The molecule has 0 saturated heterocycles. The minimum absolute atomic E-state index is 0.116. The Hall–Kier alpha value is -2.43. The summed E-state index contributed by atoms with van der Waals surface area (Å²) >= 11 is 0. The fraction of sp³-hybridized carbons (Fsp3) is 0.450. The van der Waals surface area contributed by atoms with Crippen LogP contribution in [0.15, 0.2) is 42.5 Å². The number of amides is 1. The molecule has 0 aliphatic heterocycles. The van der Waals surface area contributed by atoms with Crippen LogP contribution >= 0.6 is 0 Å². The van der Waals surface area contributed by atoms with E-state index >= 15 is 0 Å². The third kappa shape index (κ3) is 5.55. The molecular weight excluding hydrogens is 312 g/mol. The van der Waals surface area contributed by atoms with Crippen molar-refractivity contribution in [1.29, 1.82) is 0 Å². The maximum absolute atomic E-state index is 12.2. The Labute approximate surface area is 149 Å². The molecule has 5 nitrogen and oxygen atoms in total. The smallest absolute Gasteiger partial charge is 0.272 e. The van der Waals surface area contributed by atoms with E-state index in [1.165, 1.54) is 24.8 Å². The number of nitrogens with zero attached hydrogens (tertiary/aromatic N) is 2. The molecule has 1 fully saturated rings. The number of carbonyl (C=O) groups excluding carboxylic acids is 1. The van der Waals surface area contributed by atoms with Crippen molar-refractivity contribution in [3.63, 3.8) is 0 Å². The van der Waals surface area contributed by atoms with E-state index in [0.29, 0.717) is 17.6 Å². The van der Waals surface area contributed by atoms with Crippen LogP contribution in [0.2, 0.25) is 0 Å². The van der Waals surface area contributed by atoms with Crippen LogP contribution in [-0.4, -0.2) is 28.7 Å². The molecule has 3 rings (SSSR count). The summed E-state index contributed by atoms with van der Waals surface area (Å²) in [4.78, 5) is 12.2. The van der Waals surface area contributed by atoms with E-state index in [2.05, 4.69) is 45.1 Å². The summed E-state index contributed by atoms with van der Waals surface area (Å²) in [6, 6.07) is 14.3. The van der Waals surface area contributed by atoms with Crippen LogP contribution in [0.3, 0.4) is 0 Å². The van der Waals surface area contributed by atoms with Gasteiger partial charge in [-0.2, -0.15) is 0 Å². The Morgan fingerprint density at radius 2 is 1.80 bits per heavy atom. The number of aromatic nitrogens is 2. The van der Waals surface area contributed by atoms with Crippen LogP contribution in [0.1, 0.15) is 54.6 Å². The van der Waals surface area contributed by atoms with E-state index in [4.69, 9.17) is 0 Å². The van der Waals surface area contributed by atoms with Gasteiger partial charge in [0.05, 0.1) is 0 Å². The van der Waals surface area contributed by atoms with E-state index < -0.39 is 0 Å². The Kier molecular flexibility index (Phi) is 6.37. The molecule has 2 N–H and O–H groups in total. The van der Waals surface area contributed by atoms with Gasteiger partial charge >= 0.3 is 0 Å². The Morgan fingerprint density at radius 3 is 2.52 bits per heavy atom. The lowest BCUT2D eigenvalue weighted by Crippen LogP contribution is -2.36. The fourth-order valence-electron chi connectivity index (χ4n) is 3.21. The SMILES string of the molecule is O=C(NC1CCCCC1)c1ccc(NCCCc2ccccc2)nn1. The number of hydrogen-bond acceptors (Lipinski definition) is 4. The lowest BCUT2D eigenvalue weighted by Gasteiger charge is -2.22. The average molecular weight is 338 g/mol. The third-order valence-corrected chi connectivity index (χ3v) is 4.63. The minimum atomic E-state index is -0.116. The van der Waals surface area contributed by atoms with Gasteiger partial charge in [-0.3, -0.25) is 4.79 Å². The molecule has 1 aliphatic rings. The van der Waals surface area contributed by atoms with Gasteiger partial charge < -0.3 is 10.6 Å². The Bertz CT molecular complexity index is 651. The molecule has 0 unspecified atom stereocenters. The van der Waals surface area contributed by atoms with Gasteiger partial charge in [0.1, 0.15) is 5.82 Å². The molecule has 0 spiro atoms. The van der Waals surface area contributed by atoms with E-state index in [1.54, 1.807) is 6.07 Å². The van der Waals surface area contributed by atoms with Crippen molar-refractivity contribution in [1.82, 2.24) is 15.5 Å². The summed E-state index contributed by atoms with van der Waals surface area (Å²) in [5, 5.41) is 14.5. The van der Waals surface area contributed by atoms with Crippen molar-refractivity contribution >= 4 is 11.7 Å². The first-order valence-electron chi connectivity index (χ1n) is 9.23. The number of aryl methyl sites for hydroxylation is 1. The van der Waals surface area contributed by atoms with Gasteiger partial charge in [0.2, 0.25) is 0 Å². The molecule has 25 heavy (non-hydrogen) atoms. The van der Waals surface area contributed by atoms with Gasteiger partial charge in [-0.05, 0) is 43.4 Å². The van der Waals surface area contributed by atoms with Crippen molar-refractivity contribution in [2.45, 2.75) is 51.0 Å². The summed E-state index contributed by atoms with van der Waals surface area (Å²) in [5.74, 6) is 0.595. The molecule has 1 aliphatic carbocycles. The van der Waals surface area contributed by atoms with Crippen LogP contribution < -0.4 is 10.6 Å². The fourth-order valence-corrected chi connectivity index (χ4v) is 3.21. The van der Waals surface area contributed by atoms with Gasteiger partial charge in [-0.25, -0.2) is 0 Å². The van der Waals surface area contributed by atoms with Crippen molar-refractivity contribution in [2.24, 2.45) is 0 Å². The highest BCUT2D eigenvalue weighted by Gasteiger charge is 2.17. The molecule has 1 aromatic carbocycles. The zero-order valence-electron chi connectivity index (χ0n) is 14.6. The lowest BCUT2D eigenvalue weighted by atomic mass is 9.95. The molecule has 1 amide bonds. The highest BCUT2D eigenvalue weighted by atomic mass is 16.2. The van der Waals surface area contributed by atoms with Gasteiger partial charge in [0, 0.05) is 12.6 Å². The molecule has 5 heteroatoms. The first-order chi connectivity index (χ1) is 12.3. The van der Waals surface area contributed by atoms with Crippen molar-refractivity contribution in [3.8, 4) is 0 Å². The minimum Gasteiger partial charge on any atom is -0.369 e. The van der Waals surface area contributed by atoms with Gasteiger partial charge in [-0.15, -0.1) is 10.2 Å². The topological polar surface area (TPSA) is 66.9 Å². The molecule has 1 saturated carbocycles. The quantitative estimate of drug-likeness (QED) is 0.757. The van der Waals surface area contributed by atoms with Gasteiger partial charge in [0.15, 0.2) is 5.69 Å². The highest BCUT2D eigenvalue weighted by molar-refractivity contribution is 5.92. The number of hydrogen-bond donors (Lipinski definition) is 2. The summed E-state index contributed by atoms with van der Waals surface area (Å²) < 4.78 is 0. The predicted octanol–water partition coefficient (Wildman–Crippen LogP) is 3.58. The summed E-state index contributed by atoms with van der Waals surface area (Å²) in [5.41, 5.74) is 1.73. The monoisotopic (exact) mass is 338 g/mol. The van der Waals surface area contributed by atoms with Crippen LogP contribution in [0.5, 0.6) is 0 Å². The zero-order valence-corrected chi connectivity index (χ0v) is 14.6. The maximum atomic E-state index is 12.2. The third-order valence-electron chi connectivity index (χ3n) is 4.63. The second-order valence-corrected chi connectivity index (χ2v) is 6.63. The molecule has 132 valence electrons. The Balaban J connectivity index is 1.41. The van der Waals surface area contributed by atoms with Gasteiger partial charge in [0.25, 0.3) is 5.91 Å². The number of anilines is 1. The Morgan fingerprint density at radius 1 is 1.00 bits per heavy atom. The molecule has 2 aromatic rings. The van der Waals surface area contributed by atoms with Crippen molar-refractivity contribution in [3.05, 3.63) is 53.7 Å². The summed E-state index contributed by atoms with van der Waals surface area (Å²) in [7, 11) is 0. The summed E-state index contributed by atoms with van der Waals surface area (Å²) in [6.07, 6.45) is 7.86. The first-order valence-corrected chi connectivity index (χ1v) is 9.23. The number of carbonyl (C=O) groups is 1. The molecule has 0 radical (unpaired) electrons. The molecule has 0 atom stereocenters. The number of benzene rings is 1. The number of rotatable bonds is 7. The van der Waals surface area contributed by atoms with Crippen LogP contribution in [0.4, 0.5) is 5.82 Å². The van der Waals surface area contributed by atoms with E-state index in [9.17, 15) is 4.79 Å². The highest BCUT2D eigenvalue weighted by Crippen LogP contribution is 2.17. The predicted molar refractivity (Wildman–Crippen MR) is 99.6 cm³/mol. The van der Waals surface area contributed by atoms with E-state index in [-0.39, 0.29) is 5.91 Å². The second kappa shape index (κ2) is 9.16. The van der Waals surface area contributed by atoms with Crippen LogP contribution in [0, 0.1) is 0 Å². The first kappa shape index (κ1) is 17.4. The second-order valence-electron chi connectivity index (χ2n) is 6.63. The van der Waals surface area contributed by atoms with Crippen LogP contribution in [0.25, 0.3) is 0 Å². The van der Waals surface area contributed by atoms with Crippen molar-refractivity contribution < 1.29 is 4.79 Å². The van der Waals surface area contributed by atoms with Crippen LogP contribution in [-0.2, 0) is 6.42 Å². The standard InChI is InChI=1S/C20H26N4O/c25-20(22-17-11-5-2-6-12-17)18-13-14-19(24-23-18)21-15-7-10-16-8-3-1-4-9-16/h1,3-4,8-9,13-14,17H,2,5-7,10-12,15H2,(H,21,24)(H,22,25). The van der Waals surface area contributed by atoms with E-state index in [0.717, 1.165) is 32.2 Å². The molecular formula is C20H26N4O. The zero-order chi connectivity index (χ0) is 17.3. The molecule has 0 bridgehead atoms. The van der Waals surface area contributed by atoms with Gasteiger partial charge in [-0.1, -0.05) is 49.6 Å². The lowest BCUT2D eigenvalue weighted by molar-refractivity contribution is 0.0921. The molecule has 1 aromatic heterocycles. The maximum Gasteiger partial charge on any atom is 0.272 e. The summed E-state index contributed by atoms with van der Waals surface area (Å²) in [6.45, 7) is 0.831. The van der Waals surface area contributed by atoms with E-state index in [1.807, 2.05) is 12.1 Å². The largest absolute Gasteiger partial charge is 0.369 e.